The van der Waals surface area contributed by atoms with E-state index >= 15 is 0 Å². The van der Waals surface area contributed by atoms with Crippen molar-refractivity contribution < 1.29 is 9.90 Å². The molecule has 0 aromatic carbocycles. The van der Waals surface area contributed by atoms with Gasteiger partial charge < -0.3 is 20.2 Å². The summed E-state index contributed by atoms with van der Waals surface area (Å²) in [5.74, 6) is 0. The Balaban J connectivity index is 1.87. The summed E-state index contributed by atoms with van der Waals surface area (Å²) in [6.07, 6.45) is 7.68. The van der Waals surface area contributed by atoms with E-state index in [4.69, 9.17) is 5.11 Å². The van der Waals surface area contributed by atoms with E-state index in [1.807, 2.05) is 12.1 Å². The monoisotopic (exact) mass is 320 g/mol. The van der Waals surface area contributed by atoms with E-state index in [2.05, 4.69) is 22.2 Å². The number of hydrogen-bond donors (Lipinski definition) is 2. The first-order valence-electron chi connectivity index (χ1n) is 8.43. The Morgan fingerprint density at radius 1 is 1.52 bits per heavy atom. The molecule has 1 aliphatic rings. The van der Waals surface area contributed by atoms with Gasteiger partial charge in [0.1, 0.15) is 0 Å². The fraction of sp³-hybridized carbons (Fsp3) is 0.647. The van der Waals surface area contributed by atoms with Crippen molar-refractivity contribution in [3.63, 3.8) is 0 Å². The first-order chi connectivity index (χ1) is 11.2. The third-order valence-electron chi connectivity index (χ3n) is 4.38. The molecule has 2 rings (SSSR count). The van der Waals surface area contributed by atoms with Gasteiger partial charge in [0.05, 0.1) is 0 Å². The SMILES string of the molecule is CN1CCCC[C@@H]1CNC(=O)N(CCCO)Cc1cccnc1. The number of hydrogen-bond acceptors (Lipinski definition) is 4. The minimum atomic E-state index is -0.0683. The normalized spacial score (nSPS) is 18.6. The summed E-state index contributed by atoms with van der Waals surface area (Å²) in [5, 5.41) is 12.1. The van der Waals surface area contributed by atoms with E-state index in [1.165, 1.54) is 12.8 Å². The summed E-state index contributed by atoms with van der Waals surface area (Å²) in [6.45, 7) is 2.92. The number of carbonyl (C=O) groups is 1. The van der Waals surface area contributed by atoms with Crippen LogP contribution in [-0.4, -0.2) is 65.3 Å². The molecule has 1 aliphatic heterocycles. The maximum atomic E-state index is 12.5. The van der Waals surface area contributed by atoms with Crippen LogP contribution in [0.5, 0.6) is 0 Å². The molecule has 0 radical (unpaired) electrons. The van der Waals surface area contributed by atoms with E-state index in [1.54, 1.807) is 17.3 Å². The number of piperidine rings is 1. The Bertz CT molecular complexity index is 469. The standard InChI is InChI=1S/C17H28N4O2/c1-20-9-3-2-7-16(20)13-19-17(23)21(10-5-11-22)14-15-6-4-8-18-12-15/h4,6,8,12,16,22H,2-3,5,7,9-11,13-14H2,1H3,(H,19,23)/t16-/m1/s1. The van der Waals surface area contributed by atoms with Crippen LogP contribution < -0.4 is 5.32 Å². The summed E-state index contributed by atoms with van der Waals surface area (Å²) >= 11 is 0. The van der Waals surface area contributed by atoms with Crippen LogP contribution in [0.25, 0.3) is 0 Å². The minimum absolute atomic E-state index is 0.0683. The predicted octanol–water partition coefficient (Wildman–Crippen LogP) is 1.46. The fourth-order valence-electron chi connectivity index (χ4n) is 2.94. The number of likely N-dealkylation sites (N-methyl/N-ethyl adjacent to an activating group) is 1. The lowest BCUT2D eigenvalue weighted by Gasteiger charge is -2.33. The fourth-order valence-corrected chi connectivity index (χ4v) is 2.94. The molecule has 6 nitrogen and oxygen atoms in total. The molecule has 128 valence electrons. The number of pyridine rings is 1. The Morgan fingerprint density at radius 3 is 3.09 bits per heavy atom. The lowest BCUT2D eigenvalue weighted by molar-refractivity contribution is 0.164. The van der Waals surface area contributed by atoms with Gasteiger partial charge in [-0.2, -0.15) is 0 Å². The van der Waals surface area contributed by atoms with E-state index in [0.29, 0.717) is 32.1 Å². The topological polar surface area (TPSA) is 68.7 Å². The Labute approximate surface area is 138 Å². The zero-order valence-corrected chi connectivity index (χ0v) is 13.9. The molecule has 23 heavy (non-hydrogen) atoms. The van der Waals surface area contributed by atoms with Crippen LogP contribution in [0, 0.1) is 0 Å². The molecule has 6 heteroatoms. The molecule has 0 saturated carbocycles. The number of aliphatic hydroxyl groups excluding tert-OH is 1. The van der Waals surface area contributed by atoms with Crippen molar-refractivity contribution in [1.82, 2.24) is 20.1 Å². The lowest BCUT2D eigenvalue weighted by atomic mass is 10.0. The van der Waals surface area contributed by atoms with Crippen LogP contribution in [0.4, 0.5) is 4.79 Å². The van der Waals surface area contributed by atoms with Gasteiger partial charge in [-0.15, -0.1) is 0 Å². The predicted molar refractivity (Wildman–Crippen MR) is 90.0 cm³/mol. The molecule has 1 atom stereocenters. The largest absolute Gasteiger partial charge is 0.396 e. The van der Waals surface area contributed by atoms with E-state index < -0.39 is 0 Å². The number of rotatable bonds is 7. The van der Waals surface area contributed by atoms with Gasteiger partial charge in [0.15, 0.2) is 0 Å². The van der Waals surface area contributed by atoms with Crippen LogP contribution in [0.2, 0.25) is 0 Å². The second kappa shape index (κ2) is 9.47. The highest BCUT2D eigenvalue weighted by molar-refractivity contribution is 5.74. The molecular weight excluding hydrogens is 292 g/mol. The van der Waals surface area contributed by atoms with Gasteiger partial charge in [-0.3, -0.25) is 4.98 Å². The van der Waals surface area contributed by atoms with Gasteiger partial charge in [0.25, 0.3) is 0 Å². The van der Waals surface area contributed by atoms with E-state index in [9.17, 15) is 4.79 Å². The Morgan fingerprint density at radius 2 is 2.39 bits per heavy atom. The first kappa shape index (κ1) is 17.7. The minimum Gasteiger partial charge on any atom is -0.396 e. The van der Waals surface area contributed by atoms with Crippen LogP contribution in [0.3, 0.4) is 0 Å². The van der Waals surface area contributed by atoms with Gasteiger partial charge in [-0.05, 0) is 44.5 Å². The van der Waals surface area contributed by atoms with Crippen molar-refractivity contribution in [3.05, 3.63) is 30.1 Å². The van der Waals surface area contributed by atoms with Gasteiger partial charge in [-0.1, -0.05) is 12.5 Å². The number of amides is 2. The summed E-state index contributed by atoms with van der Waals surface area (Å²) in [5.41, 5.74) is 0.996. The number of urea groups is 1. The molecule has 0 unspecified atom stereocenters. The Hall–Kier alpha value is -1.66. The van der Waals surface area contributed by atoms with Crippen molar-refractivity contribution in [2.24, 2.45) is 0 Å². The zero-order chi connectivity index (χ0) is 16.5. The number of aliphatic hydroxyl groups is 1. The van der Waals surface area contributed by atoms with Crippen molar-refractivity contribution in [1.29, 1.82) is 0 Å². The Kier molecular flexibility index (Phi) is 7.29. The van der Waals surface area contributed by atoms with Crippen LogP contribution >= 0.6 is 0 Å². The number of nitrogens with zero attached hydrogens (tertiary/aromatic N) is 3. The molecule has 1 aromatic heterocycles. The van der Waals surface area contributed by atoms with Gasteiger partial charge in [0.2, 0.25) is 0 Å². The van der Waals surface area contributed by atoms with Crippen molar-refractivity contribution in [2.75, 3.05) is 33.3 Å². The zero-order valence-electron chi connectivity index (χ0n) is 13.9. The number of aromatic nitrogens is 1. The third-order valence-corrected chi connectivity index (χ3v) is 4.38. The van der Waals surface area contributed by atoms with Gasteiger partial charge in [-0.25, -0.2) is 4.79 Å². The van der Waals surface area contributed by atoms with Crippen LogP contribution in [0.15, 0.2) is 24.5 Å². The third kappa shape index (κ3) is 5.80. The molecule has 0 aliphatic carbocycles. The van der Waals surface area contributed by atoms with Crippen LogP contribution in [-0.2, 0) is 6.54 Å². The molecule has 1 fully saturated rings. The van der Waals surface area contributed by atoms with Gasteiger partial charge in [0, 0.05) is 44.7 Å². The highest BCUT2D eigenvalue weighted by atomic mass is 16.3. The lowest BCUT2D eigenvalue weighted by Crippen LogP contribution is -2.48. The second-order valence-electron chi connectivity index (χ2n) is 6.18. The molecule has 2 heterocycles. The maximum Gasteiger partial charge on any atom is 0.317 e. The van der Waals surface area contributed by atoms with Crippen molar-refractivity contribution in [3.8, 4) is 0 Å². The molecule has 0 spiro atoms. The summed E-state index contributed by atoms with van der Waals surface area (Å²) in [7, 11) is 2.12. The number of likely N-dealkylation sites (tertiary alicyclic amines) is 1. The summed E-state index contributed by atoms with van der Waals surface area (Å²) in [4.78, 5) is 20.7. The highest BCUT2D eigenvalue weighted by Crippen LogP contribution is 2.14. The molecule has 1 saturated heterocycles. The van der Waals surface area contributed by atoms with Gasteiger partial charge >= 0.3 is 6.03 Å². The smallest absolute Gasteiger partial charge is 0.317 e. The molecular formula is C17H28N4O2. The average Bonchev–Trinajstić information content (AvgIpc) is 2.58. The van der Waals surface area contributed by atoms with E-state index in [-0.39, 0.29) is 12.6 Å². The second-order valence-corrected chi connectivity index (χ2v) is 6.18. The van der Waals surface area contributed by atoms with Crippen molar-refractivity contribution in [2.45, 2.75) is 38.3 Å². The number of nitrogens with one attached hydrogen (secondary N) is 1. The number of carbonyl (C=O) groups excluding carboxylic acids is 1. The molecule has 2 N–H and O–H groups in total. The van der Waals surface area contributed by atoms with Crippen molar-refractivity contribution >= 4 is 6.03 Å². The summed E-state index contributed by atoms with van der Waals surface area (Å²) in [6, 6.07) is 4.18. The summed E-state index contributed by atoms with van der Waals surface area (Å²) < 4.78 is 0. The van der Waals surface area contributed by atoms with Crippen LogP contribution in [0.1, 0.15) is 31.2 Å². The maximum absolute atomic E-state index is 12.5. The molecule has 2 amide bonds. The quantitative estimate of drug-likeness (QED) is 0.798. The highest BCUT2D eigenvalue weighted by Gasteiger charge is 2.21. The van der Waals surface area contributed by atoms with E-state index in [0.717, 1.165) is 18.5 Å². The molecule has 1 aromatic rings. The average molecular weight is 320 g/mol. The molecule has 0 bridgehead atoms. The first-order valence-corrected chi connectivity index (χ1v) is 8.43.